The van der Waals surface area contributed by atoms with Crippen molar-refractivity contribution in [1.29, 1.82) is 0 Å². The Morgan fingerprint density at radius 1 is 1.22 bits per heavy atom. The number of fused-ring (bicyclic) bond motifs is 1. The third-order valence-electron chi connectivity index (χ3n) is 5.43. The van der Waals surface area contributed by atoms with Crippen LogP contribution < -0.4 is 0 Å². The highest BCUT2D eigenvalue weighted by molar-refractivity contribution is 5.99. The van der Waals surface area contributed by atoms with Crippen molar-refractivity contribution in [3.05, 3.63) is 11.8 Å². The number of esters is 1. The number of Topliss-reactive ketones (excluding diaryl/α,β-unsaturated/α-hetero) is 1. The molecule has 3 rings (SSSR count). The van der Waals surface area contributed by atoms with Crippen LogP contribution in [0.15, 0.2) is 11.8 Å². The number of aliphatic hydroxyl groups excluding tert-OH is 4. The lowest BCUT2D eigenvalue weighted by atomic mass is 9.83. The third-order valence-corrected chi connectivity index (χ3v) is 5.43. The van der Waals surface area contributed by atoms with E-state index in [1.165, 1.54) is 7.11 Å². The number of ether oxygens (including phenoxy) is 4. The summed E-state index contributed by atoms with van der Waals surface area (Å²) in [6.45, 7) is 1.22. The predicted molar refractivity (Wildman–Crippen MR) is 85.6 cm³/mol. The van der Waals surface area contributed by atoms with Crippen molar-refractivity contribution in [2.75, 3.05) is 13.7 Å². The molecule has 0 amide bonds. The first-order valence-corrected chi connectivity index (χ1v) is 8.72. The van der Waals surface area contributed by atoms with Gasteiger partial charge >= 0.3 is 5.97 Å². The van der Waals surface area contributed by atoms with Crippen LogP contribution in [0.2, 0.25) is 0 Å². The number of rotatable bonds is 4. The van der Waals surface area contributed by atoms with Gasteiger partial charge < -0.3 is 39.4 Å². The number of aliphatic hydroxyl groups is 4. The summed E-state index contributed by atoms with van der Waals surface area (Å²) >= 11 is 0. The van der Waals surface area contributed by atoms with Crippen molar-refractivity contribution in [1.82, 2.24) is 0 Å². The van der Waals surface area contributed by atoms with E-state index in [4.69, 9.17) is 18.9 Å². The van der Waals surface area contributed by atoms with E-state index in [0.29, 0.717) is 0 Å². The number of ketones is 1. The molecule has 0 unspecified atom stereocenters. The molecule has 152 valence electrons. The first kappa shape index (κ1) is 20.2. The molecule has 0 spiro atoms. The van der Waals surface area contributed by atoms with Crippen molar-refractivity contribution in [3.63, 3.8) is 0 Å². The molecule has 0 radical (unpaired) electrons. The molecule has 10 heteroatoms. The Balaban J connectivity index is 1.82. The van der Waals surface area contributed by atoms with Gasteiger partial charge in [0, 0.05) is 12.3 Å². The molecule has 1 saturated heterocycles. The first-order valence-electron chi connectivity index (χ1n) is 8.72. The summed E-state index contributed by atoms with van der Waals surface area (Å²) in [4.78, 5) is 24.4. The van der Waals surface area contributed by atoms with E-state index >= 15 is 0 Å². The zero-order chi connectivity index (χ0) is 19.9. The van der Waals surface area contributed by atoms with Crippen LogP contribution in [0, 0.1) is 17.8 Å². The SMILES string of the molecule is COC(=O)C1=CO[C@@H](O[C@@H]2O[C@H](CO)[C@@H](O)[C@H](O)[C@H]2O)[C@@H]2[C@H]1C(=O)C[C@H]2C. The molecule has 9 atom stereocenters. The second-order valence-electron chi connectivity index (χ2n) is 7.11. The van der Waals surface area contributed by atoms with Gasteiger partial charge in [0.15, 0.2) is 6.29 Å². The summed E-state index contributed by atoms with van der Waals surface area (Å²) in [6.07, 6.45) is -6.93. The minimum absolute atomic E-state index is 0.102. The van der Waals surface area contributed by atoms with Gasteiger partial charge in [0.25, 0.3) is 0 Å². The zero-order valence-electron chi connectivity index (χ0n) is 14.9. The van der Waals surface area contributed by atoms with Crippen LogP contribution in [0.25, 0.3) is 0 Å². The number of methoxy groups -OCH3 is 1. The van der Waals surface area contributed by atoms with Crippen LogP contribution in [0.3, 0.4) is 0 Å². The lowest BCUT2D eigenvalue weighted by Gasteiger charge is -2.42. The Morgan fingerprint density at radius 2 is 1.93 bits per heavy atom. The van der Waals surface area contributed by atoms with Gasteiger partial charge in [-0.1, -0.05) is 6.92 Å². The van der Waals surface area contributed by atoms with Crippen molar-refractivity contribution in [3.8, 4) is 0 Å². The average Bonchev–Trinajstić information content (AvgIpc) is 2.96. The highest BCUT2D eigenvalue weighted by atomic mass is 16.8. The molecular weight excluding hydrogens is 364 g/mol. The molecule has 2 fully saturated rings. The maximum absolute atomic E-state index is 12.4. The standard InChI is InChI=1S/C17H24O10/c1-6-3-8(19)11-7(15(23)24-2)5-25-16(10(6)11)27-17-14(22)13(21)12(20)9(4-18)26-17/h5-6,9-14,16-18,20-22H,3-4H2,1-2H3/t6-,9-,10+,11-,12-,13+,14-,16+,17+/m1/s1. The Kier molecular flexibility index (Phi) is 5.84. The first-order chi connectivity index (χ1) is 12.8. The molecular formula is C17H24O10. The van der Waals surface area contributed by atoms with Crippen LogP contribution in [-0.4, -0.2) is 82.9 Å². The molecule has 1 saturated carbocycles. The van der Waals surface area contributed by atoms with Crippen molar-refractivity contribution in [2.24, 2.45) is 17.8 Å². The third kappa shape index (κ3) is 3.48. The molecule has 2 aliphatic heterocycles. The van der Waals surface area contributed by atoms with Gasteiger partial charge in [-0.05, 0) is 5.92 Å². The smallest absolute Gasteiger partial charge is 0.337 e. The zero-order valence-corrected chi connectivity index (χ0v) is 14.9. The predicted octanol–water partition coefficient (Wildman–Crippen LogP) is -1.94. The summed E-state index contributed by atoms with van der Waals surface area (Å²) < 4.78 is 21.2. The van der Waals surface area contributed by atoms with Crippen LogP contribution in [0.1, 0.15) is 13.3 Å². The number of hydrogen-bond acceptors (Lipinski definition) is 10. The van der Waals surface area contributed by atoms with E-state index in [0.717, 1.165) is 6.26 Å². The Labute approximate surface area is 155 Å². The van der Waals surface area contributed by atoms with Gasteiger partial charge in [0.1, 0.15) is 30.2 Å². The van der Waals surface area contributed by atoms with E-state index in [1.807, 2.05) is 6.92 Å². The van der Waals surface area contributed by atoms with Gasteiger partial charge in [-0.15, -0.1) is 0 Å². The minimum atomic E-state index is -1.59. The van der Waals surface area contributed by atoms with Gasteiger partial charge in [0.05, 0.1) is 31.5 Å². The molecule has 0 aromatic heterocycles. The highest BCUT2D eigenvalue weighted by Crippen LogP contribution is 2.45. The van der Waals surface area contributed by atoms with Gasteiger partial charge in [-0.3, -0.25) is 4.79 Å². The number of hydrogen-bond donors (Lipinski definition) is 4. The second-order valence-corrected chi connectivity index (χ2v) is 7.11. The highest BCUT2D eigenvalue weighted by Gasteiger charge is 2.54. The molecule has 2 heterocycles. The summed E-state index contributed by atoms with van der Waals surface area (Å²) in [5.74, 6) is -2.28. The maximum atomic E-state index is 12.4. The van der Waals surface area contributed by atoms with Gasteiger partial charge in [-0.2, -0.15) is 0 Å². The summed E-state index contributed by atoms with van der Waals surface area (Å²) in [7, 11) is 1.21. The molecule has 27 heavy (non-hydrogen) atoms. The number of carbonyl (C=O) groups excluding carboxylic acids is 2. The summed E-state index contributed by atoms with van der Waals surface area (Å²) in [5, 5.41) is 39.1. The monoisotopic (exact) mass is 388 g/mol. The fourth-order valence-electron chi connectivity index (χ4n) is 3.96. The Hall–Kier alpha value is -1.56. The molecule has 1 aliphatic carbocycles. The molecule has 0 aromatic rings. The maximum Gasteiger partial charge on any atom is 0.337 e. The topological polar surface area (TPSA) is 152 Å². The molecule has 10 nitrogen and oxygen atoms in total. The van der Waals surface area contributed by atoms with Crippen LogP contribution in [0.4, 0.5) is 0 Å². The fraction of sp³-hybridized carbons (Fsp3) is 0.765. The summed E-state index contributed by atoms with van der Waals surface area (Å²) in [6, 6.07) is 0. The van der Waals surface area contributed by atoms with Crippen molar-refractivity contribution in [2.45, 2.75) is 50.3 Å². The van der Waals surface area contributed by atoms with E-state index < -0.39 is 61.4 Å². The van der Waals surface area contributed by atoms with E-state index in [1.54, 1.807) is 0 Å². The minimum Gasteiger partial charge on any atom is -0.472 e. The van der Waals surface area contributed by atoms with Crippen molar-refractivity contribution >= 4 is 11.8 Å². The lowest BCUT2D eigenvalue weighted by molar-refractivity contribution is -0.342. The molecule has 0 aromatic carbocycles. The van der Waals surface area contributed by atoms with E-state index in [2.05, 4.69) is 0 Å². The van der Waals surface area contributed by atoms with E-state index in [9.17, 15) is 30.0 Å². The fourth-order valence-corrected chi connectivity index (χ4v) is 3.96. The number of carbonyl (C=O) groups is 2. The van der Waals surface area contributed by atoms with Crippen LogP contribution in [0.5, 0.6) is 0 Å². The average molecular weight is 388 g/mol. The second kappa shape index (κ2) is 7.82. The van der Waals surface area contributed by atoms with Gasteiger partial charge in [0.2, 0.25) is 6.29 Å². The quantitative estimate of drug-likeness (QED) is 0.400. The Morgan fingerprint density at radius 3 is 2.56 bits per heavy atom. The van der Waals surface area contributed by atoms with Crippen molar-refractivity contribution < 1.29 is 49.0 Å². The molecule has 3 aliphatic rings. The lowest BCUT2D eigenvalue weighted by Crippen LogP contribution is -2.60. The Bertz CT molecular complexity index is 617. The normalized spacial score (nSPS) is 44.3. The molecule has 0 bridgehead atoms. The van der Waals surface area contributed by atoms with Gasteiger partial charge in [-0.25, -0.2) is 4.79 Å². The van der Waals surface area contributed by atoms with Crippen LogP contribution in [-0.2, 0) is 28.5 Å². The van der Waals surface area contributed by atoms with Crippen LogP contribution >= 0.6 is 0 Å². The molecule has 4 N–H and O–H groups in total. The van der Waals surface area contributed by atoms with E-state index in [-0.39, 0.29) is 23.7 Å². The largest absolute Gasteiger partial charge is 0.472 e. The summed E-state index contributed by atoms with van der Waals surface area (Å²) in [5.41, 5.74) is 0.102.